The first kappa shape index (κ1) is 62.4. The van der Waals surface area contributed by atoms with Crippen LogP contribution in [0.1, 0.15) is 104 Å². The Hall–Kier alpha value is -0.600. The van der Waals surface area contributed by atoms with E-state index < -0.39 is 73.8 Å². The first-order valence-electron chi connectivity index (χ1n) is 18.8. The topological polar surface area (TPSA) is 237 Å². The van der Waals surface area contributed by atoms with Crippen LogP contribution in [-0.2, 0) is 28.4 Å². The van der Waals surface area contributed by atoms with Crippen LogP contribution in [0.3, 0.4) is 0 Å². The molecule has 15 heteroatoms. The maximum absolute atomic E-state index is 9.53. The van der Waals surface area contributed by atoms with Crippen LogP contribution in [0.2, 0.25) is 0 Å². The Morgan fingerprint density at radius 1 is 0.353 bits per heavy atom. The molecule has 0 aromatic rings. The second-order valence-electron chi connectivity index (χ2n) is 9.90. The Morgan fingerprint density at radius 3 is 0.627 bits per heavy atom. The highest BCUT2D eigenvalue weighted by molar-refractivity contribution is 4.88. The number of ether oxygens (including phenoxy) is 6. The monoisotopic (exact) mass is 757 g/mol. The Balaban J connectivity index is -0.000000129. The van der Waals surface area contributed by atoms with Crippen LogP contribution in [0, 0.1) is 17.8 Å². The Bertz CT molecular complexity index is 521. The molecule has 0 spiro atoms. The van der Waals surface area contributed by atoms with Crippen molar-refractivity contribution in [3.63, 3.8) is 0 Å². The average molecular weight is 757 g/mol. The summed E-state index contributed by atoms with van der Waals surface area (Å²) in [6, 6.07) is 0. The van der Waals surface area contributed by atoms with E-state index in [2.05, 4.69) is 0 Å². The normalized spacial score (nSPS) is 36.2. The molecule has 0 aromatic heterocycles. The van der Waals surface area contributed by atoms with Gasteiger partial charge >= 0.3 is 0 Å². The number of hydrogen-bond acceptors (Lipinski definition) is 15. The van der Waals surface area contributed by atoms with E-state index in [1.807, 2.05) is 83.1 Å². The highest BCUT2D eigenvalue weighted by Crippen LogP contribution is 2.27. The fraction of sp³-hybridized carbons (Fsp3) is 1.00. The quantitative estimate of drug-likeness (QED) is 0.189. The molecule has 318 valence electrons. The van der Waals surface area contributed by atoms with Crippen molar-refractivity contribution in [1.82, 2.24) is 0 Å². The van der Waals surface area contributed by atoms with Gasteiger partial charge in [-0.1, -0.05) is 104 Å². The van der Waals surface area contributed by atoms with Gasteiger partial charge < -0.3 is 74.4 Å². The summed E-state index contributed by atoms with van der Waals surface area (Å²) in [6.07, 6.45) is -9.93. The van der Waals surface area contributed by atoms with Crippen LogP contribution in [0.25, 0.3) is 0 Å². The molecule has 0 aromatic carbocycles. The molecule has 0 bridgehead atoms. The second kappa shape index (κ2) is 40.6. The molecule has 0 aliphatic carbocycles. The van der Waals surface area contributed by atoms with Crippen molar-refractivity contribution in [3.05, 3.63) is 0 Å². The zero-order valence-corrected chi connectivity index (χ0v) is 35.3. The molecule has 3 rings (SSSR count). The fourth-order valence-corrected chi connectivity index (χ4v) is 4.47. The Labute approximate surface area is 310 Å². The number of rotatable bonds is 6. The summed E-state index contributed by atoms with van der Waals surface area (Å²) in [5.74, 6) is -0.909. The van der Waals surface area contributed by atoms with Gasteiger partial charge in [-0.25, -0.2) is 0 Å². The van der Waals surface area contributed by atoms with Gasteiger partial charge in [0, 0.05) is 39.1 Å². The van der Waals surface area contributed by atoms with Gasteiger partial charge in [-0.05, 0) is 0 Å². The van der Waals surface area contributed by atoms with Gasteiger partial charge in [-0.2, -0.15) is 0 Å². The van der Waals surface area contributed by atoms with E-state index in [1.54, 1.807) is 20.8 Å². The van der Waals surface area contributed by atoms with Gasteiger partial charge in [0.15, 0.2) is 18.9 Å². The molecular weight excluding hydrogens is 672 g/mol. The van der Waals surface area contributed by atoms with Gasteiger partial charge in [-0.15, -0.1) is 0 Å². The van der Waals surface area contributed by atoms with Crippen molar-refractivity contribution < 1.29 is 74.4 Å². The molecule has 51 heavy (non-hydrogen) atoms. The van der Waals surface area contributed by atoms with Crippen LogP contribution in [0.5, 0.6) is 0 Å². The van der Waals surface area contributed by atoms with E-state index in [9.17, 15) is 30.6 Å². The van der Waals surface area contributed by atoms with Crippen LogP contribution >= 0.6 is 0 Å². The summed E-state index contributed by atoms with van der Waals surface area (Å²) in [5, 5.41) is 83.4. The lowest BCUT2D eigenvalue weighted by molar-refractivity contribution is -0.274. The summed E-state index contributed by atoms with van der Waals surface area (Å²) in [7, 11) is 4.38. The Morgan fingerprint density at radius 2 is 0.510 bits per heavy atom. The third-order valence-corrected chi connectivity index (χ3v) is 7.26. The van der Waals surface area contributed by atoms with Crippen molar-refractivity contribution in [2.75, 3.05) is 41.2 Å². The lowest BCUT2D eigenvalue weighted by Crippen LogP contribution is -2.55. The molecular formula is C36H84O15. The summed E-state index contributed by atoms with van der Waals surface area (Å²) >= 11 is 0. The highest BCUT2D eigenvalue weighted by atomic mass is 16.7. The van der Waals surface area contributed by atoms with Gasteiger partial charge in [0.1, 0.15) is 36.6 Å². The largest absolute Gasteiger partial charge is 0.394 e. The van der Waals surface area contributed by atoms with Gasteiger partial charge in [0.05, 0.1) is 38.1 Å². The van der Waals surface area contributed by atoms with E-state index in [0.29, 0.717) is 0 Å². The number of aliphatic hydroxyl groups is 9. The minimum atomic E-state index is -1.05. The van der Waals surface area contributed by atoms with E-state index >= 15 is 0 Å². The molecule has 15 atom stereocenters. The van der Waals surface area contributed by atoms with E-state index in [1.165, 1.54) is 21.3 Å². The molecule has 3 aliphatic heterocycles. The second-order valence-corrected chi connectivity index (χ2v) is 9.90. The molecule has 9 N–H and O–H groups in total. The molecule has 0 radical (unpaired) electrons. The maximum Gasteiger partial charge on any atom is 0.162 e. The molecule has 15 nitrogen and oxygen atoms in total. The molecule has 15 unspecified atom stereocenters. The van der Waals surface area contributed by atoms with Crippen LogP contribution < -0.4 is 0 Å². The van der Waals surface area contributed by atoms with Crippen LogP contribution in [0.15, 0.2) is 0 Å². The number of methoxy groups -OCH3 is 3. The highest BCUT2D eigenvalue weighted by Gasteiger charge is 2.43. The predicted octanol–water partition coefficient (Wildman–Crippen LogP) is 2.28. The summed E-state index contributed by atoms with van der Waals surface area (Å²) in [4.78, 5) is 0. The zero-order chi connectivity index (χ0) is 42.0. The van der Waals surface area contributed by atoms with Gasteiger partial charge in [-0.3, -0.25) is 0 Å². The molecule has 3 heterocycles. The van der Waals surface area contributed by atoms with Crippen molar-refractivity contribution in [2.45, 2.75) is 178 Å². The van der Waals surface area contributed by atoms with Crippen LogP contribution in [-0.4, -0.2) is 161 Å². The van der Waals surface area contributed by atoms with Gasteiger partial charge in [0.25, 0.3) is 0 Å². The molecule has 3 fully saturated rings. The zero-order valence-electron chi connectivity index (χ0n) is 35.3. The maximum atomic E-state index is 9.53. The average Bonchev–Trinajstić information content (AvgIpc) is 3.20. The fourth-order valence-electron chi connectivity index (χ4n) is 4.47. The third kappa shape index (κ3) is 21.8. The first-order chi connectivity index (χ1) is 24.3. The number of hydrogen-bond donors (Lipinski definition) is 9. The predicted molar refractivity (Wildman–Crippen MR) is 200 cm³/mol. The molecule has 0 amide bonds. The summed E-state index contributed by atoms with van der Waals surface area (Å²) < 4.78 is 30.4. The van der Waals surface area contributed by atoms with E-state index in [-0.39, 0.29) is 37.6 Å². The number of aliphatic hydroxyl groups excluding tert-OH is 9. The third-order valence-electron chi connectivity index (χ3n) is 7.26. The standard InChI is InChI=1S/3C8H16O5.6C2H6/c3*1-4-6(10)7(11)5(3-9)13-8(4)12-2;6*1-2/h3*4-11H,3H2,1-2H3;6*1-2H3. The van der Waals surface area contributed by atoms with Gasteiger partial charge in [0.2, 0.25) is 0 Å². The molecule has 0 saturated carbocycles. The van der Waals surface area contributed by atoms with Crippen molar-refractivity contribution in [2.24, 2.45) is 17.8 Å². The Kier molecular flexibility index (Phi) is 49.6. The molecule has 3 aliphatic rings. The minimum Gasteiger partial charge on any atom is -0.394 e. The lowest BCUT2D eigenvalue weighted by atomic mass is 9.93. The van der Waals surface area contributed by atoms with Crippen molar-refractivity contribution in [1.29, 1.82) is 0 Å². The lowest BCUT2D eigenvalue weighted by Gasteiger charge is -2.40. The first-order valence-corrected chi connectivity index (χ1v) is 18.8. The summed E-state index contributed by atoms with van der Waals surface area (Å²) in [6.45, 7) is 28.2. The van der Waals surface area contributed by atoms with Crippen molar-refractivity contribution >= 4 is 0 Å². The minimum absolute atomic E-state index is 0.303. The van der Waals surface area contributed by atoms with Crippen molar-refractivity contribution in [3.8, 4) is 0 Å². The van der Waals surface area contributed by atoms with Crippen LogP contribution in [0.4, 0.5) is 0 Å². The molecule has 3 saturated heterocycles. The van der Waals surface area contributed by atoms with E-state index in [0.717, 1.165) is 0 Å². The smallest absolute Gasteiger partial charge is 0.162 e. The SMILES string of the molecule is CC.CC.CC.CC.CC.CC.COC1OC(CO)C(O)C(O)C1C.COC1OC(CO)C(O)C(O)C1C.COC1OC(CO)C(O)C(O)C1C. The van der Waals surface area contributed by atoms with E-state index in [4.69, 9.17) is 43.7 Å². The summed E-state index contributed by atoms with van der Waals surface area (Å²) in [5.41, 5.74) is 0.